The van der Waals surface area contributed by atoms with Gasteiger partial charge in [0.25, 0.3) is 0 Å². The molecule has 0 spiro atoms. The van der Waals surface area contributed by atoms with Crippen molar-refractivity contribution in [2.75, 3.05) is 0 Å². The Hall–Kier alpha value is -0.990. The predicted octanol–water partition coefficient (Wildman–Crippen LogP) is 5.29. The van der Waals surface area contributed by atoms with Gasteiger partial charge < -0.3 is 4.74 Å². The number of rotatable bonds is 3. The van der Waals surface area contributed by atoms with Gasteiger partial charge in [-0.25, -0.2) is 0 Å². The molecule has 2 aromatic rings. The van der Waals surface area contributed by atoms with E-state index in [2.05, 4.69) is 15.9 Å². The van der Waals surface area contributed by atoms with Gasteiger partial charge in [0.2, 0.25) is 0 Å². The number of hydrogen-bond acceptors (Lipinski definition) is 1. The highest BCUT2D eigenvalue weighted by molar-refractivity contribution is 9.10. The van der Waals surface area contributed by atoms with Crippen LogP contribution in [0.3, 0.4) is 0 Å². The fourth-order valence-electron chi connectivity index (χ4n) is 1.52. The average molecular weight is 312 g/mol. The fourth-order valence-corrected chi connectivity index (χ4v) is 2.32. The first-order valence-electron chi connectivity index (χ1n) is 5.28. The van der Waals surface area contributed by atoms with Crippen LogP contribution in [-0.2, 0) is 5.88 Å². The minimum absolute atomic E-state index is 0.444. The number of ether oxygens (including phenoxy) is 1. The molecule has 0 heterocycles. The maximum atomic E-state index is 5.87. The van der Waals surface area contributed by atoms with Gasteiger partial charge in [-0.15, -0.1) is 11.6 Å². The molecule has 0 aliphatic carbocycles. The minimum atomic E-state index is 0.444. The van der Waals surface area contributed by atoms with Gasteiger partial charge in [0.05, 0.1) is 10.4 Å². The van der Waals surface area contributed by atoms with Gasteiger partial charge in [0.15, 0.2) is 0 Å². The van der Waals surface area contributed by atoms with E-state index < -0.39 is 0 Å². The van der Waals surface area contributed by atoms with Crippen LogP contribution in [0.2, 0.25) is 0 Å². The zero-order valence-electron chi connectivity index (χ0n) is 9.41. The van der Waals surface area contributed by atoms with Crippen molar-refractivity contribution in [3.05, 3.63) is 58.1 Å². The molecule has 0 atom stereocenters. The number of halogens is 2. The maximum absolute atomic E-state index is 5.87. The van der Waals surface area contributed by atoms with Crippen LogP contribution in [0.25, 0.3) is 0 Å². The van der Waals surface area contributed by atoms with Gasteiger partial charge >= 0.3 is 0 Å². The van der Waals surface area contributed by atoms with E-state index in [1.165, 1.54) is 5.56 Å². The molecule has 0 aromatic heterocycles. The summed E-state index contributed by atoms with van der Waals surface area (Å²) in [5.41, 5.74) is 2.18. The van der Waals surface area contributed by atoms with E-state index in [4.69, 9.17) is 16.3 Å². The SMILES string of the molecule is Cc1ccc(Oc2ccccc2CCl)c(Br)c1. The van der Waals surface area contributed by atoms with Gasteiger partial charge in [0.1, 0.15) is 11.5 Å². The van der Waals surface area contributed by atoms with E-state index >= 15 is 0 Å². The summed E-state index contributed by atoms with van der Waals surface area (Å²) in [5, 5.41) is 0. The summed E-state index contributed by atoms with van der Waals surface area (Å²) in [6.45, 7) is 2.04. The predicted molar refractivity (Wildman–Crippen MR) is 75.0 cm³/mol. The van der Waals surface area contributed by atoms with Gasteiger partial charge in [-0.05, 0) is 46.6 Å². The summed E-state index contributed by atoms with van der Waals surface area (Å²) < 4.78 is 6.80. The second kappa shape index (κ2) is 5.56. The largest absolute Gasteiger partial charge is 0.456 e. The van der Waals surface area contributed by atoms with Crippen LogP contribution in [0.1, 0.15) is 11.1 Å². The standard InChI is InChI=1S/C14H12BrClO/c1-10-6-7-14(12(15)8-10)17-13-5-3-2-4-11(13)9-16/h2-8H,9H2,1H3. The topological polar surface area (TPSA) is 9.23 Å². The second-order valence-corrected chi connectivity index (χ2v) is 4.90. The number of hydrogen-bond donors (Lipinski definition) is 0. The highest BCUT2D eigenvalue weighted by Gasteiger charge is 2.06. The third kappa shape index (κ3) is 3.02. The molecule has 1 nitrogen and oxygen atoms in total. The normalized spacial score (nSPS) is 10.3. The molecule has 0 saturated heterocycles. The Morgan fingerprint density at radius 2 is 1.88 bits per heavy atom. The Morgan fingerprint density at radius 1 is 1.12 bits per heavy atom. The minimum Gasteiger partial charge on any atom is -0.456 e. The third-order valence-electron chi connectivity index (χ3n) is 2.42. The summed E-state index contributed by atoms with van der Waals surface area (Å²) in [6, 6.07) is 13.8. The van der Waals surface area contributed by atoms with Crippen molar-refractivity contribution in [1.82, 2.24) is 0 Å². The van der Waals surface area contributed by atoms with Crippen molar-refractivity contribution in [3.8, 4) is 11.5 Å². The Labute approximate surface area is 115 Å². The Balaban J connectivity index is 2.31. The maximum Gasteiger partial charge on any atom is 0.141 e. The number of benzene rings is 2. The van der Waals surface area contributed by atoms with Gasteiger partial charge in [0, 0.05) is 5.56 Å². The first kappa shape index (κ1) is 12.5. The van der Waals surface area contributed by atoms with Crippen molar-refractivity contribution in [3.63, 3.8) is 0 Å². The average Bonchev–Trinajstić information content (AvgIpc) is 2.33. The van der Waals surface area contributed by atoms with Crippen molar-refractivity contribution >= 4 is 27.5 Å². The molecule has 0 saturated carbocycles. The highest BCUT2D eigenvalue weighted by Crippen LogP contribution is 2.32. The molecule has 88 valence electrons. The first-order valence-corrected chi connectivity index (χ1v) is 6.61. The molecule has 0 N–H and O–H groups in total. The molecule has 0 aliphatic rings. The van der Waals surface area contributed by atoms with Crippen LogP contribution in [0, 0.1) is 6.92 Å². The van der Waals surface area contributed by atoms with E-state index in [9.17, 15) is 0 Å². The lowest BCUT2D eigenvalue weighted by atomic mass is 10.2. The lowest BCUT2D eigenvalue weighted by Crippen LogP contribution is -1.90. The molecular weight excluding hydrogens is 300 g/mol. The van der Waals surface area contributed by atoms with E-state index in [0.717, 1.165) is 21.5 Å². The molecule has 17 heavy (non-hydrogen) atoms. The summed E-state index contributed by atoms with van der Waals surface area (Å²) in [7, 11) is 0. The molecule has 2 aromatic carbocycles. The van der Waals surface area contributed by atoms with Gasteiger partial charge in [-0.3, -0.25) is 0 Å². The highest BCUT2D eigenvalue weighted by atomic mass is 79.9. The Kier molecular flexibility index (Phi) is 4.08. The summed E-state index contributed by atoms with van der Waals surface area (Å²) >= 11 is 9.36. The van der Waals surface area contributed by atoms with Crippen LogP contribution in [0.4, 0.5) is 0 Å². The van der Waals surface area contributed by atoms with Crippen molar-refractivity contribution in [1.29, 1.82) is 0 Å². The smallest absolute Gasteiger partial charge is 0.141 e. The first-order chi connectivity index (χ1) is 8.20. The van der Waals surface area contributed by atoms with E-state index in [-0.39, 0.29) is 0 Å². The number of para-hydroxylation sites is 1. The monoisotopic (exact) mass is 310 g/mol. The van der Waals surface area contributed by atoms with Crippen LogP contribution in [-0.4, -0.2) is 0 Å². The molecule has 0 amide bonds. The van der Waals surface area contributed by atoms with E-state index in [0.29, 0.717) is 5.88 Å². The van der Waals surface area contributed by atoms with Crippen LogP contribution >= 0.6 is 27.5 Å². The summed E-state index contributed by atoms with van der Waals surface area (Å²) in [5.74, 6) is 2.04. The van der Waals surface area contributed by atoms with Crippen LogP contribution in [0.15, 0.2) is 46.9 Å². The third-order valence-corrected chi connectivity index (χ3v) is 3.33. The zero-order valence-corrected chi connectivity index (χ0v) is 11.8. The van der Waals surface area contributed by atoms with E-state index in [1.54, 1.807) is 0 Å². The molecule has 2 rings (SSSR count). The van der Waals surface area contributed by atoms with E-state index in [1.807, 2.05) is 49.4 Å². The second-order valence-electron chi connectivity index (χ2n) is 3.78. The molecule has 0 unspecified atom stereocenters. The van der Waals surface area contributed by atoms with Crippen molar-refractivity contribution < 1.29 is 4.74 Å². The quantitative estimate of drug-likeness (QED) is 0.700. The fraction of sp³-hybridized carbons (Fsp3) is 0.143. The van der Waals surface area contributed by atoms with Crippen LogP contribution in [0.5, 0.6) is 11.5 Å². The molecule has 0 radical (unpaired) electrons. The lowest BCUT2D eigenvalue weighted by Gasteiger charge is -2.11. The Bertz CT molecular complexity index is 525. The lowest BCUT2D eigenvalue weighted by molar-refractivity contribution is 0.475. The Morgan fingerprint density at radius 3 is 2.59 bits per heavy atom. The molecule has 0 fully saturated rings. The molecule has 0 bridgehead atoms. The van der Waals surface area contributed by atoms with Gasteiger partial charge in [-0.1, -0.05) is 24.3 Å². The molecule has 0 aliphatic heterocycles. The summed E-state index contributed by atoms with van der Waals surface area (Å²) in [4.78, 5) is 0. The van der Waals surface area contributed by atoms with Crippen molar-refractivity contribution in [2.24, 2.45) is 0 Å². The number of alkyl halides is 1. The van der Waals surface area contributed by atoms with Gasteiger partial charge in [-0.2, -0.15) is 0 Å². The molecule has 3 heteroatoms. The number of aryl methyl sites for hydroxylation is 1. The zero-order chi connectivity index (χ0) is 12.3. The summed E-state index contributed by atoms with van der Waals surface area (Å²) in [6.07, 6.45) is 0. The van der Waals surface area contributed by atoms with Crippen molar-refractivity contribution in [2.45, 2.75) is 12.8 Å². The molecular formula is C14H12BrClO. The van der Waals surface area contributed by atoms with Crippen LogP contribution < -0.4 is 4.74 Å².